The molecular weight excluding hydrogens is 342 g/mol. The third kappa shape index (κ3) is 5.50. The first kappa shape index (κ1) is 19.8. The predicted molar refractivity (Wildman–Crippen MR) is 97.1 cm³/mol. The molecule has 1 saturated heterocycles. The van der Waals surface area contributed by atoms with E-state index < -0.39 is 10.0 Å². The molecule has 140 valence electrons. The second-order valence-corrected chi connectivity index (χ2v) is 9.08. The minimum absolute atomic E-state index is 0.156. The Bertz CT molecular complexity index is 720. The van der Waals surface area contributed by atoms with Crippen LogP contribution < -0.4 is 10.6 Å². The summed E-state index contributed by atoms with van der Waals surface area (Å²) in [6.45, 7) is 9.38. The van der Waals surface area contributed by atoms with Gasteiger partial charge in [-0.05, 0) is 45.4 Å². The van der Waals surface area contributed by atoms with Crippen LogP contribution in [0, 0.1) is 6.92 Å². The van der Waals surface area contributed by atoms with Gasteiger partial charge in [-0.3, -0.25) is 4.79 Å². The molecule has 1 aromatic rings. The van der Waals surface area contributed by atoms with Crippen LogP contribution in [-0.4, -0.2) is 57.0 Å². The molecule has 1 aliphatic heterocycles. The summed E-state index contributed by atoms with van der Waals surface area (Å²) in [6, 6.07) is 4.80. The summed E-state index contributed by atoms with van der Waals surface area (Å²) in [5, 5.41) is 5.89. The highest BCUT2D eigenvalue weighted by Crippen LogP contribution is 2.23. The van der Waals surface area contributed by atoms with Gasteiger partial charge in [-0.1, -0.05) is 6.07 Å². The maximum atomic E-state index is 12.7. The summed E-state index contributed by atoms with van der Waals surface area (Å²) in [6.07, 6.45) is 0. The molecule has 0 aliphatic carbocycles. The zero-order valence-electron chi connectivity index (χ0n) is 15.3. The van der Waals surface area contributed by atoms with Crippen molar-refractivity contribution in [2.45, 2.75) is 38.1 Å². The molecule has 2 rings (SSSR count). The Morgan fingerprint density at radius 2 is 1.88 bits per heavy atom. The highest BCUT2D eigenvalue weighted by molar-refractivity contribution is 7.89. The largest absolute Gasteiger partial charge is 0.379 e. The number of sulfonamides is 1. The number of aryl methyl sites for hydroxylation is 1. The van der Waals surface area contributed by atoms with Gasteiger partial charge in [0.1, 0.15) is 0 Å². The molecule has 25 heavy (non-hydrogen) atoms. The molecule has 0 aromatic heterocycles. The minimum Gasteiger partial charge on any atom is -0.379 e. The van der Waals surface area contributed by atoms with Crippen LogP contribution in [0.4, 0.5) is 5.69 Å². The lowest BCUT2D eigenvalue weighted by Gasteiger charge is -2.26. The van der Waals surface area contributed by atoms with Crippen molar-refractivity contribution < 1.29 is 17.9 Å². The molecule has 1 aliphatic rings. The molecule has 1 aromatic carbocycles. The fraction of sp³-hybridized carbons (Fsp3) is 0.588. The Kier molecular flexibility index (Phi) is 6.21. The van der Waals surface area contributed by atoms with Crippen molar-refractivity contribution in [3.05, 3.63) is 23.8 Å². The SMILES string of the molecule is Cc1ccc(S(=O)(=O)N2CCOCC2)cc1NC(=O)CNC(C)(C)C. The quantitative estimate of drug-likeness (QED) is 0.818. The second-order valence-electron chi connectivity index (χ2n) is 7.14. The topological polar surface area (TPSA) is 87.7 Å². The molecule has 0 radical (unpaired) electrons. The van der Waals surface area contributed by atoms with Crippen LogP contribution in [0.25, 0.3) is 0 Å². The van der Waals surface area contributed by atoms with E-state index in [1.807, 2.05) is 27.7 Å². The maximum Gasteiger partial charge on any atom is 0.243 e. The molecule has 0 saturated carbocycles. The van der Waals surface area contributed by atoms with Crippen molar-refractivity contribution in [3.8, 4) is 0 Å². The van der Waals surface area contributed by atoms with Gasteiger partial charge in [0.05, 0.1) is 24.7 Å². The monoisotopic (exact) mass is 369 g/mol. The fourth-order valence-corrected chi connectivity index (χ4v) is 3.81. The van der Waals surface area contributed by atoms with E-state index in [1.165, 1.54) is 10.4 Å². The van der Waals surface area contributed by atoms with Crippen molar-refractivity contribution in [1.29, 1.82) is 0 Å². The van der Waals surface area contributed by atoms with Gasteiger partial charge in [0.2, 0.25) is 15.9 Å². The molecule has 2 N–H and O–H groups in total. The van der Waals surface area contributed by atoms with Gasteiger partial charge in [0.25, 0.3) is 0 Å². The van der Waals surface area contributed by atoms with Crippen LogP contribution in [0.2, 0.25) is 0 Å². The second kappa shape index (κ2) is 7.82. The molecule has 1 fully saturated rings. The van der Waals surface area contributed by atoms with Crippen LogP contribution in [0.1, 0.15) is 26.3 Å². The summed E-state index contributed by atoms with van der Waals surface area (Å²) in [7, 11) is -3.59. The average Bonchev–Trinajstić information content (AvgIpc) is 2.55. The number of nitrogens with zero attached hydrogens (tertiary/aromatic N) is 1. The number of hydrogen-bond donors (Lipinski definition) is 2. The van der Waals surface area contributed by atoms with Gasteiger partial charge in [0, 0.05) is 24.3 Å². The van der Waals surface area contributed by atoms with Crippen LogP contribution in [0.3, 0.4) is 0 Å². The Morgan fingerprint density at radius 1 is 1.24 bits per heavy atom. The molecular formula is C17H27N3O4S. The summed E-state index contributed by atoms with van der Waals surface area (Å²) in [4.78, 5) is 12.3. The average molecular weight is 369 g/mol. The highest BCUT2D eigenvalue weighted by atomic mass is 32.2. The van der Waals surface area contributed by atoms with Gasteiger partial charge in [0.15, 0.2) is 0 Å². The molecule has 1 amide bonds. The number of ether oxygens (including phenoxy) is 1. The van der Waals surface area contributed by atoms with E-state index in [0.29, 0.717) is 32.0 Å². The van der Waals surface area contributed by atoms with E-state index in [9.17, 15) is 13.2 Å². The van der Waals surface area contributed by atoms with E-state index in [0.717, 1.165) is 5.56 Å². The Labute approximate surface area is 149 Å². The van der Waals surface area contributed by atoms with E-state index >= 15 is 0 Å². The first-order valence-corrected chi connectivity index (χ1v) is 9.77. The normalized spacial score (nSPS) is 16.6. The minimum atomic E-state index is -3.59. The molecule has 7 nitrogen and oxygen atoms in total. The van der Waals surface area contributed by atoms with Gasteiger partial charge >= 0.3 is 0 Å². The number of carbonyl (C=O) groups is 1. The fourth-order valence-electron chi connectivity index (χ4n) is 2.37. The first-order chi connectivity index (χ1) is 11.6. The zero-order chi connectivity index (χ0) is 18.7. The zero-order valence-corrected chi connectivity index (χ0v) is 16.1. The molecule has 0 bridgehead atoms. The number of rotatable bonds is 5. The van der Waals surface area contributed by atoms with Crippen molar-refractivity contribution in [1.82, 2.24) is 9.62 Å². The van der Waals surface area contributed by atoms with Crippen LogP contribution >= 0.6 is 0 Å². The summed E-state index contributed by atoms with van der Waals surface area (Å²) in [5.74, 6) is -0.209. The smallest absolute Gasteiger partial charge is 0.243 e. The lowest BCUT2D eigenvalue weighted by molar-refractivity contribution is -0.115. The van der Waals surface area contributed by atoms with Gasteiger partial charge in [-0.15, -0.1) is 0 Å². The molecule has 0 atom stereocenters. The molecule has 0 unspecified atom stereocenters. The third-order valence-corrected chi connectivity index (χ3v) is 5.76. The van der Waals surface area contributed by atoms with Crippen LogP contribution in [0.5, 0.6) is 0 Å². The summed E-state index contributed by atoms with van der Waals surface area (Å²) < 4.78 is 32.1. The maximum absolute atomic E-state index is 12.7. The van der Waals surface area contributed by atoms with E-state index in [4.69, 9.17) is 4.74 Å². The van der Waals surface area contributed by atoms with Crippen LogP contribution in [-0.2, 0) is 19.6 Å². The molecule has 8 heteroatoms. The van der Waals surface area contributed by atoms with Crippen molar-refractivity contribution in [3.63, 3.8) is 0 Å². The Morgan fingerprint density at radius 3 is 2.48 bits per heavy atom. The number of carbonyl (C=O) groups excluding carboxylic acids is 1. The van der Waals surface area contributed by atoms with E-state index in [2.05, 4.69) is 10.6 Å². The summed E-state index contributed by atoms with van der Waals surface area (Å²) in [5.41, 5.74) is 1.15. The number of anilines is 1. The standard InChI is InChI=1S/C17H27N3O4S/c1-13-5-6-14(25(22,23)20-7-9-24-10-8-20)11-15(13)19-16(21)12-18-17(2,3)4/h5-6,11,18H,7-10,12H2,1-4H3,(H,19,21). The first-order valence-electron chi connectivity index (χ1n) is 8.33. The van der Waals surface area contributed by atoms with E-state index in [1.54, 1.807) is 12.1 Å². The lowest BCUT2D eigenvalue weighted by Crippen LogP contribution is -2.41. The molecule has 1 heterocycles. The number of morpholine rings is 1. The van der Waals surface area contributed by atoms with Crippen molar-refractivity contribution in [2.24, 2.45) is 0 Å². The van der Waals surface area contributed by atoms with Gasteiger partial charge in [-0.25, -0.2) is 8.42 Å². The predicted octanol–water partition coefficient (Wildman–Crippen LogP) is 1.34. The highest BCUT2D eigenvalue weighted by Gasteiger charge is 2.26. The number of nitrogens with one attached hydrogen (secondary N) is 2. The van der Waals surface area contributed by atoms with E-state index in [-0.39, 0.29) is 22.9 Å². The number of benzene rings is 1. The van der Waals surface area contributed by atoms with Gasteiger partial charge < -0.3 is 15.4 Å². The van der Waals surface area contributed by atoms with Crippen molar-refractivity contribution in [2.75, 3.05) is 38.2 Å². The Hall–Kier alpha value is -1.48. The van der Waals surface area contributed by atoms with Crippen molar-refractivity contribution >= 4 is 21.6 Å². The van der Waals surface area contributed by atoms with Gasteiger partial charge in [-0.2, -0.15) is 4.31 Å². The lowest BCUT2D eigenvalue weighted by atomic mass is 10.1. The number of amides is 1. The molecule has 0 spiro atoms. The summed E-state index contributed by atoms with van der Waals surface area (Å²) >= 11 is 0. The Balaban J connectivity index is 2.15. The van der Waals surface area contributed by atoms with Crippen LogP contribution in [0.15, 0.2) is 23.1 Å². The number of hydrogen-bond acceptors (Lipinski definition) is 5. The third-order valence-electron chi connectivity index (χ3n) is 3.87.